The van der Waals surface area contributed by atoms with Crippen LogP contribution in [-0.2, 0) is 11.8 Å². The number of phenolic OH excluding ortho intramolecular Hbond substituents is 1. The second-order valence-electron chi connectivity index (χ2n) is 7.13. The third-order valence-corrected chi connectivity index (χ3v) is 6.50. The predicted octanol–water partition coefficient (Wildman–Crippen LogP) is 2.45. The van der Waals surface area contributed by atoms with Crippen LogP contribution in [0.3, 0.4) is 0 Å². The first kappa shape index (κ1) is 11.4. The van der Waals surface area contributed by atoms with Gasteiger partial charge in [0.2, 0.25) is 0 Å². The summed E-state index contributed by atoms with van der Waals surface area (Å²) >= 11 is 0. The van der Waals surface area contributed by atoms with Crippen molar-refractivity contribution in [3.05, 3.63) is 23.3 Å². The topological polar surface area (TPSA) is 32.7 Å². The number of rotatable bonds is 0. The number of ether oxygens (including phenoxy) is 1. The molecule has 4 aliphatic rings. The molecule has 1 saturated carbocycles. The molecule has 1 unspecified atom stereocenters. The lowest BCUT2D eigenvalue weighted by atomic mass is 9.52. The fourth-order valence-corrected chi connectivity index (χ4v) is 5.71. The molecule has 2 aliphatic heterocycles. The minimum Gasteiger partial charge on any atom is -0.504 e. The second kappa shape index (κ2) is 3.51. The maximum atomic E-state index is 10.2. The molecule has 2 bridgehead atoms. The summed E-state index contributed by atoms with van der Waals surface area (Å²) in [7, 11) is 2.28. The van der Waals surface area contributed by atoms with Crippen LogP contribution >= 0.6 is 0 Å². The Labute approximate surface area is 119 Å². The monoisotopic (exact) mass is 271 g/mol. The number of benzene rings is 1. The molecule has 4 atom stereocenters. The molecule has 0 radical (unpaired) electrons. The average molecular weight is 271 g/mol. The Hall–Kier alpha value is -1.22. The number of hydrogen-bond donors (Lipinski definition) is 1. The molecule has 1 N–H and O–H groups in total. The highest BCUT2D eigenvalue weighted by molar-refractivity contribution is 5.60. The van der Waals surface area contributed by atoms with Gasteiger partial charge < -0.3 is 14.7 Å². The molecule has 1 saturated heterocycles. The summed E-state index contributed by atoms with van der Waals surface area (Å²) in [6.07, 6.45) is 6.37. The number of likely N-dealkylation sites (N-methyl/N-ethyl adjacent to an activating group) is 1. The Morgan fingerprint density at radius 2 is 2.25 bits per heavy atom. The molecule has 5 rings (SSSR count). The molecule has 1 spiro atoms. The quantitative estimate of drug-likeness (QED) is 0.786. The first-order chi connectivity index (χ1) is 9.72. The molecule has 1 aromatic rings. The van der Waals surface area contributed by atoms with Gasteiger partial charge in [0.25, 0.3) is 0 Å². The highest BCUT2D eigenvalue weighted by Gasteiger charge is 2.62. The van der Waals surface area contributed by atoms with Gasteiger partial charge in [-0.25, -0.2) is 0 Å². The smallest absolute Gasteiger partial charge is 0.165 e. The molecule has 2 fully saturated rings. The number of nitrogens with zero attached hydrogens (tertiary/aromatic N) is 1. The Morgan fingerprint density at radius 3 is 3.15 bits per heavy atom. The summed E-state index contributed by atoms with van der Waals surface area (Å²) in [5, 5.41) is 10.2. The molecule has 0 aromatic heterocycles. The van der Waals surface area contributed by atoms with Gasteiger partial charge in [0, 0.05) is 17.0 Å². The normalized spacial score (nSPS) is 41.1. The van der Waals surface area contributed by atoms with E-state index in [1.54, 1.807) is 0 Å². The van der Waals surface area contributed by atoms with E-state index in [2.05, 4.69) is 18.0 Å². The molecular formula is C17H21NO2. The van der Waals surface area contributed by atoms with Gasteiger partial charge in [-0.05, 0) is 63.2 Å². The van der Waals surface area contributed by atoms with Crippen molar-refractivity contribution in [1.82, 2.24) is 4.90 Å². The van der Waals surface area contributed by atoms with E-state index in [0.717, 1.165) is 31.1 Å². The van der Waals surface area contributed by atoms with Gasteiger partial charge >= 0.3 is 0 Å². The lowest BCUT2D eigenvalue weighted by molar-refractivity contribution is -0.0426. The Kier molecular flexibility index (Phi) is 2.01. The Bertz CT molecular complexity index is 599. The van der Waals surface area contributed by atoms with Crippen LogP contribution in [-0.4, -0.2) is 35.7 Å². The van der Waals surface area contributed by atoms with Crippen LogP contribution in [0.4, 0.5) is 0 Å². The fraction of sp³-hybridized carbons (Fsp3) is 0.647. The summed E-state index contributed by atoms with van der Waals surface area (Å²) < 4.78 is 6.28. The van der Waals surface area contributed by atoms with Crippen molar-refractivity contribution in [3.63, 3.8) is 0 Å². The highest BCUT2D eigenvalue weighted by atomic mass is 16.5. The summed E-state index contributed by atoms with van der Waals surface area (Å²) in [6, 6.07) is 4.63. The predicted molar refractivity (Wildman–Crippen MR) is 76.3 cm³/mol. The van der Waals surface area contributed by atoms with Crippen LogP contribution in [0.15, 0.2) is 12.1 Å². The molecular weight excluding hydrogens is 250 g/mol. The van der Waals surface area contributed by atoms with E-state index in [-0.39, 0.29) is 5.41 Å². The average Bonchev–Trinajstić information content (AvgIpc) is 2.79. The lowest BCUT2D eigenvalue weighted by Gasteiger charge is -2.57. The second-order valence-corrected chi connectivity index (χ2v) is 7.13. The molecule has 0 amide bonds. The van der Waals surface area contributed by atoms with Gasteiger partial charge in [-0.15, -0.1) is 0 Å². The maximum Gasteiger partial charge on any atom is 0.165 e. The van der Waals surface area contributed by atoms with Crippen molar-refractivity contribution in [3.8, 4) is 11.5 Å². The van der Waals surface area contributed by atoms with Gasteiger partial charge in [-0.2, -0.15) is 0 Å². The van der Waals surface area contributed by atoms with Crippen molar-refractivity contribution in [1.29, 1.82) is 0 Å². The van der Waals surface area contributed by atoms with Gasteiger partial charge in [0.1, 0.15) is 6.10 Å². The van der Waals surface area contributed by atoms with Gasteiger partial charge in [0.15, 0.2) is 11.5 Å². The summed E-state index contributed by atoms with van der Waals surface area (Å²) in [5.74, 6) is 1.89. The minimum atomic E-state index is 0.205. The number of aromatic hydroxyl groups is 1. The third kappa shape index (κ3) is 1.09. The minimum absolute atomic E-state index is 0.205. The Balaban J connectivity index is 1.82. The SMILES string of the molecule is CN1CC[C@]23c4c5ccc(O)c4OC2CCC[C@H]3[C@H]1C5. The van der Waals surface area contributed by atoms with Crippen LogP contribution in [0.25, 0.3) is 0 Å². The first-order valence-electron chi connectivity index (χ1n) is 7.94. The third-order valence-electron chi connectivity index (χ3n) is 6.50. The number of hydrogen-bond acceptors (Lipinski definition) is 3. The van der Waals surface area contributed by atoms with Crippen LogP contribution in [0.1, 0.15) is 36.8 Å². The van der Waals surface area contributed by atoms with E-state index in [0.29, 0.717) is 17.9 Å². The standard InChI is InChI=1S/C17H21NO2/c1-18-8-7-17-11-3-2-4-14(17)20-16-13(19)6-5-10(15(16)17)9-12(11)18/h5-6,11-12,14,19H,2-4,7-9H2,1H3/t11-,12+,14?,17+/m0/s1. The van der Waals surface area contributed by atoms with Crippen LogP contribution in [0.2, 0.25) is 0 Å². The Morgan fingerprint density at radius 1 is 1.35 bits per heavy atom. The lowest BCUT2D eigenvalue weighted by Crippen LogP contribution is -2.63. The van der Waals surface area contributed by atoms with E-state index in [1.165, 1.54) is 30.4 Å². The zero-order chi connectivity index (χ0) is 13.5. The molecule has 3 nitrogen and oxygen atoms in total. The zero-order valence-corrected chi connectivity index (χ0v) is 11.9. The zero-order valence-electron chi connectivity index (χ0n) is 11.9. The van der Waals surface area contributed by atoms with Crippen LogP contribution < -0.4 is 4.74 Å². The van der Waals surface area contributed by atoms with Crippen molar-refractivity contribution >= 4 is 0 Å². The largest absolute Gasteiger partial charge is 0.504 e. The van der Waals surface area contributed by atoms with Crippen molar-refractivity contribution in [2.45, 2.75) is 49.7 Å². The molecule has 106 valence electrons. The molecule has 1 aromatic carbocycles. The van der Waals surface area contributed by atoms with Crippen molar-refractivity contribution in [2.24, 2.45) is 5.92 Å². The van der Waals surface area contributed by atoms with E-state index in [4.69, 9.17) is 4.74 Å². The van der Waals surface area contributed by atoms with E-state index >= 15 is 0 Å². The van der Waals surface area contributed by atoms with E-state index in [9.17, 15) is 5.11 Å². The van der Waals surface area contributed by atoms with Crippen LogP contribution in [0.5, 0.6) is 11.5 Å². The molecule has 2 aliphatic carbocycles. The highest BCUT2D eigenvalue weighted by Crippen LogP contribution is 2.63. The molecule has 3 heteroatoms. The summed E-state index contributed by atoms with van der Waals surface area (Å²) in [6.45, 7) is 1.16. The van der Waals surface area contributed by atoms with Gasteiger partial charge in [-0.1, -0.05) is 6.07 Å². The van der Waals surface area contributed by atoms with Gasteiger partial charge in [0.05, 0.1) is 0 Å². The summed E-state index contributed by atoms with van der Waals surface area (Å²) in [4.78, 5) is 2.56. The first-order valence-corrected chi connectivity index (χ1v) is 7.94. The van der Waals surface area contributed by atoms with Crippen molar-refractivity contribution < 1.29 is 9.84 Å². The van der Waals surface area contributed by atoms with Crippen LogP contribution in [0, 0.1) is 5.92 Å². The summed E-state index contributed by atoms with van der Waals surface area (Å²) in [5.41, 5.74) is 3.02. The molecule has 20 heavy (non-hydrogen) atoms. The van der Waals surface area contributed by atoms with Gasteiger partial charge in [-0.3, -0.25) is 0 Å². The molecule has 2 heterocycles. The fourth-order valence-electron chi connectivity index (χ4n) is 5.71. The van der Waals surface area contributed by atoms with E-state index < -0.39 is 0 Å². The maximum absolute atomic E-state index is 10.2. The van der Waals surface area contributed by atoms with E-state index in [1.807, 2.05) is 6.07 Å². The number of piperidine rings is 1. The van der Waals surface area contributed by atoms with Crippen molar-refractivity contribution in [2.75, 3.05) is 13.6 Å². The number of likely N-dealkylation sites (tertiary alicyclic amines) is 1. The number of phenols is 1.